The number of fused-ring (bicyclic) bond motifs is 1. The second kappa shape index (κ2) is 6.11. The number of aromatic amines is 1. The molecule has 1 aliphatic rings. The fraction of sp³-hybridized carbons (Fsp3) is 0.500. The number of aliphatic hydroxyl groups is 3. The van der Waals surface area contributed by atoms with Gasteiger partial charge < -0.3 is 34.8 Å². The first-order valence-electron chi connectivity index (χ1n) is 7.45. The largest absolute Gasteiger partial charge is 0.470 e. The van der Waals surface area contributed by atoms with Crippen molar-refractivity contribution in [2.75, 3.05) is 6.61 Å². The molecule has 1 aromatic heterocycles. The molecule has 0 amide bonds. The molecule has 1 fully saturated rings. The number of imidazole rings is 1. The van der Waals surface area contributed by atoms with Crippen LogP contribution in [-0.4, -0.2) is 60.0 Å². The molecule has 1 saturated heterocycles. The third-order valence-electron chi connectivity index (χ3n) is 4.29. The summed E-state index contributed by atoms with van der Waals surface area (Å²) >= 11 is 0. The normalized spacial score (nSPS) is 30.3. The summed E-state index contributed by atoms with van der Waals surface area (Å²) in [5, 5.41) is 30.4. The van der Waals surface area contributed by atoms with Gasteiger partial charge in [0, 0.05) is 0 Å². The number of ether oxygens (including phenoxy) is 1. The van der Waals surface area contributed by atoms with Crippen LogP contribution >= 0.6 is 7.82 Å². The Morgan fingerprint density at radius 2 is 2.00 bits per heavy atom. The van der Waals surface area contributed by atoms with Gasteiger partial charge in [-0.15, -0.1) is 0 Å². The number of hydrogen-bond donors (Lipinski definition) is 6. The molecule has 25 heavy (non-hydrogen) atoms. The van der Waals surface area contributed by atoms with Gasteiger partial charge >= 0.3 is 7.82 Å². The van der Waals surface area contributed by atoms with Gasteiger partial charge in [0.1, 0.15) is 18.3 Å². The zero-order valence-corrected chi connectivity index (χ0v) is 14.3. The molecule has 1 aromatic carbocycles. The molecule has 138 valence electrons. The SMILES string of the molecule is Cc1cc2nc([C@]3(O)O[C@H](CO)[C@@H](OP(=O)(O)O)[C@H]3O)[nH]c2cc1C. The molecule has 0 unspecified atom stereocenters. The molecule has 0 saturated carbocycles. The maximum absolute atomic E-state index is 11.1. The van der Waals surface area contributed by atoms with Gasteiger partial charge in [0.15, 0.2) is 5.82 Å². The van der Waals surface area contributed by atoms with E-state index in [1.807, 2.05) is 13.8 Å². The summed E-state index contributed by atoms with van der Waals surface area (Å²) in [6.07, 6.45) is -4.89. The van der Waals surface area contributed by atoms with Gasteiger partial charge in [0.2, 0.25) is 0 Å². The van der Waals surface area contributed by atoms with Crippen LogP contribution in [0.25, 0.3) is 11.0 Å². The number of aliphatic hydroxyl groups excluding tert-OH is 2. The van der Waals surface area contributed by atoms with Crippen molar-refractivity contribution in [3.05, 3.63) is 29.1 Å². The molecule has 0 bridgehead atoms. The minimum Gasteiger partial charge on any atom is -0.394 e. The Balaban J connectivity index is 2.02. The first-order chi connectivity index (χ1) is 11.5. The van der Waals surface area contributed by atoms with Crippen molar-refractivity contribution in [2.24, 2.45) is 0 Å². The molecular formula is C14H19N2O8P. The van der Waals surface area contributed by atoms with E-state index in [0.29, 0.717) is 11.0 Å². The van der Waals surface area contributed by atoms with E-state index in [0.717, 1.165) is 11.1 Å². The van der Waals surface area contributed by atoms with Gasteiger partial charge in [0.05, 0.1) is 17.6 Å². The van der Waals surface area contributed by atoms with Crippen LogP contribution in [0.4, 0.5) is 0 Å². The maximum Gasteiger partial charge on any atom is 0.470 e. The lowest BCUT2D eigenvalue weighted by Gasteiger charge is -2.24. The molecule has 1 aliphatic heterocycles. The molecule has 3 rings (SSSR count). The summed E-state index contributed by atoms with van der Waals surface area (Å²) in [5.41, 5.74) is 3.06. The van der Waals surface area contributed by atoms with E-state index in [-0.39, 0.29) is 5.82 Å². The van der Waals surface area contributed by atoms with E-state index in [9.17, 15) is 19.9 Å². The van der Waals surface area contributed by atoms with Crippen LogP contribution in [0.1, 0.15) is 17.0 Å². The van der Waals surface area contributed by atoms with Crippen molar-refractivity contribution in [1.29, 1.82) is 0 Å². The molecule has 2 aromatic rings. The van der Waals surface area contributed by atoms with E-state index in [4.69, 9.17) is 14.5 Å². The third kappa shape index (κ3) is 3.23. The summed E-state index contributed by atoms with van der Waals surface area (Å²) in [7, 11) is -4.98. The average Bonchev–Trinajstić information content (AvgIpc) is 3.01. The molecule has 2 heterocycles. The average molecular weight is 374 g/mol. The zero-order chi connectivity index (χ0) is 18.6. The van der Waals surface area contributed by atoms with Gasteiger partial charge in [-0.1, -0.05) is 0 Å². The summed E-state index contributed by atoms with van der Waals surface area (Å²) in [4.78, 5) is 24.9. The van der Waals surface area contributed by atoms with Crippen molar-refractivity contribution < 1.29 is 38.9 Å². The predicted molar refractivity (Wildman–Crippen MR) is 84.3 cm³/mol. The number of aryl methyl sites for hydroxylation is 2. The maximum atomic E-state index is 11.1. The Labute approximate surface area is 142 Å². The highest BCUT2D eigenvalue weighted by Gasteiger charge is 2.58. The molecule has 0 aliphatic carbocycles. The minimum atomic E-state index is -4.98. The Morgan fingerprint density at radius 3 is 2.60 bits per heavy atom. The molecule has 11 heteroatoms. The van der Waals surface area contributed by atoms with Crippen LogP contribution < -0.4 is 0 Å². The number of rotatable bonds is 4. The molecule has 6 N–H and O–H groups in total. The van der Waals surface area contributed by atoms with Crippen molar-refractivity contribution in [2.45, 2.75) is 37.9 Å². The van der Waals surface area contributed by atoms with Crippen LogP contribution in [0.5, 0.6) is 0 Å². The second-order valence-electron chi connectivity index (χ2n) is 6.08. The van der Waals surface area contributed by atoms with Crippen LogP contribution in [0.2, 0.25) is 0 Å². The standard InChI is InChI=1S/C14H19N2O8P/c1-6-3-8-9(4-7(6)2)16-13(15-8)14(19)12(18)11(10(5-17)23-14)24-25(20,21)22/h3-4,10-12,17-19H,5H2,1-2H3,(H,15,16)(H2,20,21,22)/t10-,11-,12-,14-/m1/s1. The quantitative estimate of drug-likeness (QED) is 0.389. The summed E-state index contributed by atoms with van der Waals surface area (Å²) < 4.78 is 20.8. The number of aromatic nitrogens is 2. The molecule has 4 atom stereocenters. The Kier molecular flexibility index (Phi) is 4.51. The van der Waals surface area contributed by atoms with Gasteiger partial charge in [-0.25, -0.2) is 9.55 Å². The van der Waals surface area contributed by atoms with E-state index >= 15 is 0 Å². The molecule has 0 radical (unpaired) electrons. The van der Waals surface area contributed by atoms with Crippen LogP contribution in [-0.2, 0) is 19.6 Å². The van der Waals surface area contributed by atoms with E-state index in [2.05, 4.69) is 14.5 Å². The van der Waals surface area contributed by atoms with Crippen LogP contribution in [0.3, 0.4) is 0 Å². The van der Waals surface area contributed by atoms with Crippen LogP contribution in [0.15, 0.2) is 12.1 Å². The highest BCUT2D eigenvalue weighted by molar-refractivity contribution is 7.46. The van der Waals surface area contributed by atoms with Crippen molar-refractivity contribution >= 4 is 18.9 Å². The number of H-pyrrole nitrogens is 1. The zero-order valence-electron chi connectivity index (χ0n) is 13.4. The lowest BCUT2D eigenvalue weighted by molar-refractivity contribution is -0.244. The number of benzene rings is 1. The van der Waals surface area contributed by atoms with Gasteiger partial charge in [-0.2, -0.15) is 0 Å². The number of phosphoric acid groups is 1. The number of nitrogens with one attached hydrogen (secondary N) is 1. The second-order valence-corrected chi connectivity index (χ2v) is 7.27. The lowest BCUT2D eigenvalue weighted by Crippen LogP contribution is -2.42. The van der Waals surface area contributed by atoms with E-state index in [1.54, 1.807) is 12.1 Å². The van der Waals surface area contributed by atoms with Crippen LogP contribution in [0, 0.1) is 13.8 Å². The highest BCUT2D eigenvalue weighted by Crippen LogP contribution is 2.46. The van der Waals surface area contributed by atoms with Gasteiger partial charge in [-0.05, 0) is 37.1 Å². The topological polar surface area (TPSA) is 165 Å². The number of phosphoric ester groups is 1. The highest BCUT2D eigenvalue weighted by atomic mass is 31.2. The molecule has 10 nitrogen and oxygen atoms in total. The third-order valence-corrected chi connectivity index (χ3v) is 4.80. The summed E-state index contributed by atoms with van der Waals surface area (Å²) in [6, 6.07) is 3.58. The fourth-order valence-corrected chi connectivity index (χ4v) is 3.42. The van der Waals surface area contributed by atoms with Crippen molar-refractivity contribution in [3.63, 3.8) is 0 Å². The predicted octanol–water partition coefficient (Wildman–Crippen LogP) is -0.445. The lowest BCUT2D eigenvalue weighted by atomic mass is 10.1. The molecule has 0 spiro atoms. The monoisotopic (exact) mass is 374 g/mol. The van der Waals surface area contributed by atoms with E-state index in [1.165, 1.54) is 0 Å². The van der Waals surface area contributed by atoms with Crippen molar-refractivity contribution in [1.82, 2.24) is 9.97 Å². The van der Waals surface area contributed by atoms with Gasteiger partial charge in [-0.3, -0.25) is 4.52 Å². The number of nitrogens with zero attached hydrogens (tertiary/aromatic N) is 1. The Hall–Kier alpha value is -1.36. The number of hydrogen-bond acceptors (Lipinski definition) is 7. The van der Waals surface area contributed by atoms with Gasteiger partial charge in [0.25, 0.3) is 5.79 Å². The fourth-order valence-electron chi connectivity index (χ4n) is 2.85. The summed E-state index contributed by atoms with van der Waals surface area (Å²) in [6.45, 7) is 3.06. The van der Waals surface area contributed by atoms with Crippen molar-refractivity contribution in [3.8, 4) is 0 Å². The Morgan fingerprint density at radius 1 is 1.36 bits per heavy atom. The molecular weight excluding hydrogens is 355 g/mol. The smallest absolute Gasteiger partial charge is 0.394 e. The van der Waals surface area contributed by atoms with E-state index < -0.39 is 38.5 Å². The first-order valence-corrected chi connectivity index (χ1v) is 8.98. The first kappa shape index (κ1) is 18.4. The minimum absolute atomic E-state index is 0.157. The summed E-state index contributed by atoms with van der Waals surface area (Å²) in [5.74, 6) is -2.58. The Bertz CT molecular complexity index is 810.